The van der Waals surface area contributed by atoms with Gasteiger partial charge in [-0.3, -0.25) is 14.5 Å². The molecule has 2 N–H and O–H groups in total. The quantitative estimate of drug-likeness (QED) is 0.770. The third-order valence-corrected chi connectivity index (χ3v) is 4.82. The lowest BCUT2D eigenvalue weighted by Crippen LogP contribution is -2.44. The third kappa shape index (κ3) is 3.50. The van der Waals surface area contributed by atoms with E-state index in [4.69, 9.17) is 11.6 Å². The Bertz CT molecular complexity index is 903. The van der Waals surface area contributed by atoms with Crippen LogP contribution in [0.5, 0.6) is 0 Å². The minimum absolute atomic E-state index is 0.256. The predicted molar refractivity (Wildman–Crippen MR) is 98.7 cm³/mol. The molecule has 2 aromatic carbocycles. The lowest BCUT2D eigenvalue weighted by molar-refractivity contribution is -0.134. The number of hydrogen-bond acceptors (Lipinski definition) is 3. The van der Waals surface area contributed by atoms with Gasteiger partial charge in [0.25, 0.3) is 5.91 Å². The Kier molecular flexibility index (Phi) is 5.14. The summed E-state index contributed by atoms with van der Waals surface area (Å²) in [7, 11) is 0. The molecule has 1 aliphatic rings. The number of carbonyl (C=O) groups is 3. The number of benzene rings is 2. The fraction of sp³-hybridized carbons (Fsp3) is 0.211. The average molecular weight is 390 g/mol. The van der Waals surface area contributed by atoms with Crippen molar-refractivity contribution >= 4 is 35.1 Å². The van der Waals surface area contributed by atoms with Crippen molar-refractivity contribution in [1.82, 2.24) is 10.2 Å². The van der Waals surface area contributed by atoms with E-state index in [1.807, 2.05) is 0 Å². The molecule has 27 heavy (non-hydrogen) atoms. The predicted octanol–water partition coefficient (Wildman–Crippen LogP) is 3.27. The number of nitrogens with one attached hydrogen (secondary N) is 2. The van der Waals surface area contributed by atoms with Crippen LogP contribution in [0.15, 0.2) is 48.5 Å². The van der Waals surface area contributed by atoms with E-state index < -0.39 is 35.7 Å². The van der Waals surface area contributed by atoms with Crippen LogP contribution in [-0.2, 0) is 15.1 Å². The summed E-state index contributed by atoms with van der Waals surface area (Å²) >= 11 is 6.00. The molecule has 0 aromatic heterocycles. The van der Waals surface area contributed by atoms with E-state index in [0.717, 1.165) is 4.90 Å². The summed E-state index contributed by atoms with van der Waals surface area (Å²) in [5.74, 6) is -1.56. The highest BCUT2D eigenvalue weighted by molar-refractivity contribution is 6.33. The zero-order valence-corrected chi connectivity index (χ0v) is 15.2. The second-order valence-electron chi connectivity index (χ2n) is 6.12. The topological polar surface area (TPSA) is 78.5 Å². The summed E-state index contributed by atoms with van der Waals surface area (Å²) in [6.07, 6.45) is 0.256. The first-order chi connectivity index (χ1) is 12.9. The van der Waals surface area contributed by atoms with Gasteiger partial charge < -0.3 is 10.6 Å². The van der Waals surface area contributed by atoms with Gasteiger partial charge in [0, 0.05) is 0 Å². The van der Waals surface area contributed by atoms with Crippen LogP contribution in [-0.4, -0.2) is 29.3 Å². The highest BCUT2D eigenvalue weighted by atomic mass is 35.5. The Hall–Kier alpha value is -2.93. The lowest BCUT2D eigenvalue weighted by atomic mass is 9.87. The van der Waals surface area contributed by atoms with Crippen LogP contribution in [0, 0.1) is 5.82 Å². The molecule has 1 atom stereocenters. The van der Waals surface area contributed by atoms with Crippen molar-refractivity contribution in [3.05, 3.63) is 64.9 Å². The van der Waals surface area contributed by atoms with Crippen LogP contribution in [0.1, 0.15) is 18.9 Å². The highest BCUT2D eigenvalue weighted by Gasteiger charge is 2.51. The second-order valence-corrected chi connectivity index (χ2v) is 6.52. The minimum atomic E-state index is -1.32. The lowest BCUT2D eigenvalue weighted by Gasteiger charge is -2.25. The molecule has 140 valence electrons. The van der Waals surface area contributed by atoms with Gasteiger partial charge in [-0.25, -0.2) is 9.18 Å². The van der Waals surface area contributed by atoms with Gasteiger partial charge in [0.2, 0.25) is 5.91 Å². The summed E-state index contributed by atoms with van der Waals surface area (Å²) in [5, 5.41) is 5.56. The fourth-order valence-corrected chi connectivity index (χ4v) is 3.22. The third-order valence-electron chi connectivity index (χ3n) is 4.49. The Labute approximate surface area is 160 Å². The van der Waals surface area contributed by atoms with Crippen molar-refractivity contribution in [3.63, 3.8) is 0 Å². The number of urea groups is 1. The van der Waals surface area contributed by atoms with Crippen molar-refractivity contribution in [2.24, 2.45) is 0 Å². The zero-order chi connectivity index (χ0) is 19.6. The molecule has 3 rings (SSSR count). The summed E-state index contributed by atoms with van der Waals surface area (Å²) < 4.78 is 13.2. The van der Waals surface area contributed by atoms with Gasteiger partial charge >= 0.3 is 6.03 Å². The molecule has 1 heterocycles. The van der Waals surface area contributed by atoms with E-state index in [2.05, 4.69) is 10.6 Å². The van der Waals surface area contributed by atoms with Crippen molar-refractivity contribution in [2.75, 3.05) is 11.9 Å². The van der Waals surface area contributed by atoms with Gasteiger partial charge in [-0.15, -0.1) is 0 Å². The molecule has 4 amide bonds. The number of halogens is 2. The molecule has 0 unspecified atom stereocenters. The molecule has 6 nitrogen and oxygen atoms in total. The van der Waals surface area contributed by atoms with Crippen LogP contribution in [0.2, 0.25) is 5.02 Å². The van der Waals surface area contributed by atoms with Crippen molar-refractivity contribution in [2.45, 2.75) is 18.9 Å². The Morgan fingerprint density at radius 3 is 2.48 bits per heavy atom. The number of nitrogens with zero attached hydrogens (tertiary/aromatic N) is 1. The van der Waals surface area contributed by atoms with Crippen LogP contribution >= 0.6 is 11.6 Å². The number of anilines is 1. The number of carbonyl (C=O) groups excluding carboxylic acids is 3. The van der Waals surface area contributed by atoms with Gasteiger partial charge in [-0.2, -0.15) is 0 Å². The molecule has 1 fully saturated rings. The summed E-state index contributed by atoms with van der Waals surface area (Å²) in [6, 6.07) is 11.3. The monoisotopic (exact) mass is 389 g/mol. The average Bonchev–Trinajstić information content (AvgIpc) is 2.89. The van der Waals surface area contributed by atoms with Crippen molar-refractivity contribution in [1.29, 1.82) is 0 Å². The van der Waals surface area contributed by atoms with Gasteiger partial charge in [-0.05, 0) is 36.2 Å². The van der Waals surface area contributed by atoms with E-state index >= 15 is 0 Å². The van der Waals surface area contributed by atoms with E-state index in [9.17, 15) is 18.8 Å². The summed E-state index contributed by atoms with van der Waals surface area (Å²) in [5.41, 5.74) is -0.481. The largest absolute Gasteiger partial charge is 0.325 e. The van der Waals surface area contributed by atoms with Gasteiger partial charge in [-0.1, -0.05) is 42.8 Å². The normalized spacial score (nSPS) is 19.1. The van der Waals surface area contributed by atoms with Crippen LogP contribution in [0.25, 0.3) is 0 Å². The molecule has 1 aliphatic heterocycles. The van der Waals surface area contributed by atoms with Crippen LogP contribution < -0.4 is 10.6 Å². The minimum Gasteiger partial charge on any atom is -0.323 e. The molecular weight excluding hydrogens is 373 g/mol. The summed E-state index contributed by atoms with van der Waals surface area (Å²) in [4.78, 5) is 38.5. The number of para-hydroxylation sites is 1. The smallest absolute Gasteiger partial charge is 0.323 e. The fourth-order valence-electron chi connectivity index (χ4n) is 3.04. The van der Waals surface area contributed by atoms with Crippen LogP contribution in [0.3, 0.4) is 0 Å². The molecule has 0 spiro atoms. The zero-order valence-electron chi connectivity index (χ0n) is 14.5. The first kappa shape index (κ1) is 18.8. The van der Waals surface area contributed by atoms with Crippen LogP contribution in [0.4, 0.5) is 14.9 Å². The first-order valence-electron chi connectivity index (χ1n) is 8.32. The van der Waals surface area contributed by atoms with E-state index in [1.54, 1.807) is 31.2 Å². The molecule has 2 aromatic rings. The number of hydrogen-bond donors (Lipinski definition) is 2. The SMILES string of the molecule is CC[C@@]1(c2ccc(F)cc2)NC(=O)N(CC(=O)Nc2ccccc2Cl)C1=O. The molecule has 0 radical (unpaired) electrons. The molecule has 8 heteroatoms. The van der Waals surface area contributed by atoms with E-state index in [0.29, 0.717) is 16.3 Å². The summed E-state index contributed by atoms with van der Waals surface area (Å²) in [6.45, 7) is 1.27. The van der Waals surface area contributed by atoms with E-state index in [1.165, 1.54) is 24.3 Å². The van der Waals surface area contributed by atoms with Gasteiger partial charge in [0.1, 0.15) is 17.9 Å². The molecule has 1 saturated heterocycles. The standard InChI is InChI=1S/C19H17ClFN3O3/c1-2-19(12-7-9-13(21)10-8-12)17(26)24(18(27)23-19)11-16(25)22-15-6-4-3-5-14(15)20/h3-10H,2,11H2,1H3,(H,22,25)(H,23,27)/t19-/m0/s1. The second kappa shape index (κ2) is 7.36. The molecule has 0 aliphatic carbocycles. The molecular formula is C19H17ClFN3O3. The van der Waals surface area contributed by atoms with Gasteiger partial charge in [0.05, 0.1) is 10.7 Å². The number of amides is 4. The maximum absolute atomic E-state index is 13.2. The van der Waals surface area contributed by atoms with Crippen molar-refractivity contribution < 1.29 is 18.8 Å². The van der Waals surface area contributed by atoms with E-state index in [-0.39, 0.29) is 6.42 Å². The number of imide groups is 1. The number of rotatable bonds is 5. The van der Waals surface area contributed by atoms with Crippen molar-refractivity contribution in [3.8, 4) is 0 Å². The molecule has 0 bridgehead atoms. The molecule has 0 saturated carbocycles. The first-order valence-corrected chi connectivity index (χ1v) is 8.69. The van der Waals surface area contributed by atoms with Gasteiger partial charge in [0.15, 0.2) is 0 Å². The Morgan fingerprint density at radius 2 is 1.85 bits per heavy atom. The Balaban J connectivity index is 1.80. The Morgan fingerprint density at radius 1 is 1.19 bits per heavy atom. The highest BCUT2D eigenvalue weighted by Crippen LogP contribution is 2.32. The maximum Gasteiger partial charge on any atom is 0.325 e. The maximum atomic E-state index is 13.2.